The van der Waals surface area contributed by atoms with Crippen LogP contribution in [0.5, 0.6) is 0 Å². The van der Waals surface area contributed by atoms with Crippen molar-refractivity contribution in [2.24, 2.45) is 0 Å². The molecule has 0 heterocycles. The van der Waals surface area contributed by atoms with Gasteiger partial charge < -0.3 is 10.1 Å². The fourth-order valence-corrected chi connectivity index (χ4v) is 3.28. The number of methoxy groups -OCH3 is 1. The van der Waals surface area contributed by atoms with E-state index in [4.69, 9.17) is 4.74 Å². The molecule has 0 bridgehead atoms. The molecule has 0 aliphatic carbocycles. The van der Waals surface area contributed by atoms with E-state index in [0.29, 0.717) is 24.4 Å². The molecular formula is C18H22N2O4S. The van der Waals surface area contributed by atoms with E-state index >= 15 is 0 Å². The molecular weight excluding hydrogens is 340 g/mol. The Morgan fingerprint density at radius 2 is 1.76 bits per heavy atom. The van der Waals surface area contributed by atoms with Crippen molar-refractivity contribution in [3.8, 4) is 0 Å². The first-order chi connectivity index (χ1) is 11.8. The van der Waals surface area contributed by atoms with Gasteiger partial charge in [-0.2, -0.15) is 0 Å². The first-order valence-corrected chi connectivity index (χ1v) is 9.29. The number of aryl methyl sites for hydroxylation is 2. The maximum absolute atomic E-state index is 12.5. The second kappa shape index (κ2) is 8.13. The van der Waals surface area contributed by atoms with Crippen LogP contribution in [0.3, 0.4) is 0 Å². The Labute approximate surface area is 148 Å². The predicted molar refractivity (Wildman–Crippen MR) is 97.4 cm³/mol. The van der Waals surface area contributed by atoms with Gasteiger partial charge in [-0.25, -0.2) is 8.42 Å². The van der Waals surface area contributed by atoms with Gasteiger partial charge in [0.15, 0.2) is 0 Å². The summed E-state index contributed by atoms with van der Waals surface area (Å²) in [6, 6.07) is 11.5. The van der Waals surface area contributed by atoms with Crippen LogP contribution < -0.4 is 10.0 Å². The van der Waals surface area contributed by atoms with Crippen molar-refractivity contribution in [3.05, 3.63) is 59.2 Å². The van der Waals surface area contributed by atoms with Gasteiger partial charge in [-0.05, 0) is 43.7 Å². The highest BCUT2D eigenvalue weighted by Crippen LogP contribution is 2.21. The molecule has 6 nitrogen and oxygen atoms in total. The van der Waals surface area contributed by atoms with Crippen LogP contribution in [0.15, 0.2) is 47.4 Å². The third kappa shape index (κ3) is 5.04. The van der Waals surface area contributed by atoms with Crippen LogP contribution in [0.25, 0.3) is 0 Å². The number of amides is 1. The average Bonchev–Trinajstić information content (AvgIpc) is 2.57. The Kier molecular flexibility index (Phi) is 6.17. The number of nitrogens with one attached hydrogen (secondary N) is 2. The molecule has 0 saturated carbocycles. The van der Waals surface area contributed by atoms with Crippen LogP contribution >= 0.6 is 0 Å². The highest BCUT2D eigenvalue weighted by atomic mass is 32.2. The summed E-state index contributed by atoms with van der Waals surface area (Å²) in [4.78, 5) is 12.3. The molecule has 2 aromatic carbocycles. The second-order valence-corrected chi connectivity index (χ2v) is 7.38. The van der Waals surface area contributed by atoms with Gasteiger partial charge in [-0.3, -0.25) is 9.52 Å². The Balaban J connectivity index is 2.22. The van der Waals surface area contributed by atoms with Gasteiger partial charge in [0, 0.05) is 19.2 Å². The molecule has 0 unspecified atom stereocenters. The fourth-order valence-electron chi connectivity index (χ4n) is 2.16. The van der Waals surface area contributed by atoms with E-state index < -0.39 is 10.0 Å². The maximum atomic E-state index is 12.5. The molecule has 7 heteroatoms. The maximum Gasteiger partial charge on any atom is 0.261 e. The topological polar surface area (TPSA) is 84.5 Å². The zero-order valence-corrected chi connectivity index (χ0v) is 15.3. The van der Waals surface area contributed by atoms with E-state index in [1.54, 1.807) is 50.4 Å². The minimum atomic E-state index is -3.72. The monoisotopic (exact) mass is 362 g/mol. The summed E-state index contributed by atoms with van der Waals surface area (Å²) < 4.78 is 32.5. The average molecular weight is 362 g/mol. The Morgan fingerprint density at radius 3 is 2.40 bits per heavy atom. The second-order valence-electron chi connectivity index (χ2n) is 5.70. The molecule has 0 spiro atoms. The lowest BCUT2D eigenvalue weighted by molar-refractivity contribution is 0.0937. The molecule has 2 rings (SSSR count). The van der Waals surface area contributed by atoms with Crippen LogP contribution in [-0.4, -0.2) is 34.6 Å². The fraction of sp³-hybridized carbons (Fsp3) is 0.278. The molecule has 0 aliphatic rings. The van der Waals surface area contributed by atoms with Gasteiger partial charge in [-0.15, -0.1) is 0 Å². The van der Waals surface area contributed by atoms with Crippen molar-refractivity contribution in [1.82, 2.24) is 5.32 Å². The molecule has 0 saturated heterocycles. The van der Waals surface area contributed by atoms with Gasteiger partial charge in [0.25, 0.3) is 15.9 Å². The summed E-state index contributed by atoms with van der Waals surface area (Å²) in [5.74, 6) is -0.284. The highest BCUT2D eigenvalue weighted by Gasteiger charge is 2.16. The smallest absolute Gasteiger partial charge is 0.261 e. The Hall–Kier alpha value is -2.38. The number of carbonyl (C=O) groups excluding carboxylic acids is 1. The number of rotatable bonds is 7. The van der Waals surface area contributed by atoms with Crippen molar-refractivity contribution < 1.29 is 17.9 Å². The molecule has 1 amide bonds. The highest BCUT2D eigenvalue weighted by molar-refractivity contribution is 7.92. The van der Waals surface area contributed by atoms with Crippen LogP contribution in [-0.2, 0) is 14.8 Å². The number of anilines is 1. The van der Waals surface area contributed by atoms with E-state index in [1.165, 1.54) is 6.07 Å². The predicted octanol–water partition coefficient (Wildman–Crippen LogP) is 2.48. The van der Waals surface area contributed by atoms with Crippen molar-refractivity contribution in [2.45, 2.75) is 18.7 Å². The van der Waals surface area contributed by atoms with E-state index in [-0.39, 0.29) is 10.8 Å². The lowest BCUT2D eigenvalue weighted by Gasteiger charge is -2.12. The Morgan fingerprint density at radius 1 is 1.08 bits per heavy atom. The number of hydrogen-bond donors (Lipinski definition) is 2. The zero-order valence-electron chi connectivity index (χ0n) is 14.5. The van der Waals surface area contributed by atoms with E-state index in [1.807, 2.05) is 6.92 Å². The zero-order chi connectivity index (χ0) is 18.4. The number of carbonyl (C=O) groups is 1. The number of benzene rings is 2. The molecule has 0 radical (unpaired) electrons. The summed E-state index contributed by atoms with van der Waals surface area (Å²) in [6.45, 7) is 4.46. The van der Waals surface area contributed by atoms with Crippen molar-refractivity contribution in [1.29, 1.82) is 0 Å². The first-order valence-electron chi connectivity index (χ1n) is 7.81. The molecule has 0 aromatic heterocycles. The number of sulfonamides is 1. The van der Waals surface area contributed by atoms with E-state index in [9.17, 15) is 13.2 Å². The number of hydrogen-bond acceptors (Lipinski definition) is 4. The Bertz CT molecular complexity index is 846. The molecule has 134 valence electrons. The lowest BCUT2D eigenvalue weighted by Crippen LogP contribution is -2.27. The van der Waals surface area contributed by atoms with E-state index in [2.05, 4.69) is 10.0 Å². The molecule has 2 aromatic rings. The summed E-state index contributed by atoms with van der Waals surface area (Å²) in [5.41, 5.74) is 2.46. The molecule has 2 N–H and O–H groups in total. The van der Waals surface area contributed by atoms with Crippen molar-refractivity contribution in [2.75, 3.05) is 25.0 Å². The molecule has 25 heavy (non-hydrogen) atoms. The molecule has 0 aliphatic heterocycles. The van der Waals surface area contributed by atoms with Gasteiger partial charge in [0.1, 0.15) is 0 Å². The summed E-state index contributed by atoms with van der Waals surface area (Å²) in [7, 11) is -2.17. The summed E-state index contributed by atoms with van der Waals surface area (Å²) in [5, 5.41) is 2.71. The third-order valence-electron chi connectivity index (χ3n) is 3.67. The largest absolute Gasteiger partial charge is 0.383 e. The van der Waals surface area contributed by atoms with Crippen LogP contribution in [0.1, 0.15) is 21.5 Å². The summed E-state index contributed by atoms with van der Waals surface area (Å²) in [6.07, 6.45) is 0. The van der Waals surface area contributed by atoms with Gasteiger partial charge in [0.2, 0.25) is 0 Å². The van der Waals surface area contributed by atoms with Crippen LogP contribution in [0.2, 0.25) is 0 Å². The van der Waals surface area contributed by atoms with Gasteiger partial charge >= 0.3 is 0 Å². The summed E-state index contributed by atoms with van der Waals surface area (Å²) >= 11 is 0. The van der Waals surface area contributed by atoms with Gasteiger partial charge in [-0.1, -0.05) is 23.8 Å². The van der Waals surface area contributed by atoms with Crippen molar-refractivity contribution >= 4 is 21.6 Å². The first kappa shape index (κ1) is 19.0. The lowest BCUT2D eigenvalue weighted by atomic mass is 10.1. The van der Waals surface area contributed by atoms with Crippen LogP contribution in [0, 0.1) is 13.8 Å². The number of ether oxygens (including phenoxy) is 1. The normalized spacial score (nSPS) is 11.2. The van der Waals surface area contributed by atoms with Gasteiger partial charge in [0.05, 0.1) is 17.2 Å². The quantitative estimate of drug-likeness (QED) is 0.741. The van der Waals surface area contributed by atoms with Crippen molar-refractivity contribution in [3.63, 3.8) is 0 Å². The third-order valence-corrected chi connectivity index (χ3v) is 5.05. The minimum Gasteiger partial charge on any atom is -0.383 e. The minimum absolute atomic E-state index is 0.174. The van der Waals surface area contributed by atoms with Crippen LogP contribution in [0.4, 0.5) is 5.69 Å². The standard InChI is InChI=1S/C18H22N2O4S/c1-13-4-8-16(9-5-13)25(22,23)20-17-12-15(7-6-14(17)2)18(21)19-10-11-24-3/h4-9,12,20H,10-11H2,1-3H3,(H,19,21). The molecule has 0 atom stereocenters. The van der Waals surface area contributed by atoms with E-state index in [0.717, 1.165) is 11.1 Å². The SMILES string of the molecule is COCCNC(=O)c1ccc(C)c(NS(=O)(=O)c2ccc(C)cc2)c1. The molecule has 0 fully saturated rings.